The molecule has 1 fully saturated rings. The Hall–Kier alpha value is -3.15. The minimum atomic E-state index is 0.0766. The second kappa shape index (κ2) is 10.8. The Kier molecular flexibility index (Phi) is 6.83. The molecule has 3 aromatic rings. The van der Waals surface area contributed by atoms with E-state index in [1.54, 1.807) is 5.57 Å². The van der Waals surface area contributed by atoms with Gasteiger partial charge in [0.05, 0.1) is 23.4 Å². The van der Waals surface area contributed by atoms with E-state index in [1.807, 2.05) is 7.11 Å². The molecule has 2 aromatic heterocycles. The SMILES string of the molecule is COC1/C=C\C2=C[C@]34CN5CCCCC=CCCC(=C[C@@H](c6nccc7c6[nH]c6ccccc67)[C@H]3CC5)[C@@H]4N2CCC1. The number of fused-ring (bicyclic) bond motifs is 5. The number of hydrogen-bond donors (Lipinski definition) is 1. The average Bonchev–Trinajstić information content (AvgIpc) is 3.52. The lowest BCUT2D eigenvalue weighted by molar-refractivity contribution is 0.00919. The first-order valence-electron chi connectivity index (χ1n) is 16.4. The number of hydrogen-bond acceptors (Lipinski definition) is 4. The van der Waals surface area contributed by atoms with E-state index >= 15 is 0 Å². The summed E-state index contributed by atoms with van der Waals surface area (Å²) in [5.74, 6) is 0.808. The van der Waals surface area contributed by atoms with Gasteiger partial charge >= 0.3 is 0 Å². The van der Waals surface area contributed by atoms with Crippen molar-refractivity contribution in [2.75, 3.05) is 33.3 Å². The molecule has 0 saturated carbocycles. The van der Waals surface area contributed by atoms with E-state index in [-0.39, 0.29) is 11.5 Å². The molecular formula is C37H44N4O. The zero-order chi connectivity index (χ0) is 28.1. The molecule has 218 valence electrons. The monoisotopic (exact) mass is 560 g/mol. The number of H-pyrrole nitrogens is 1. The molecule has 2 unspecified atom stereocenters. The zero-order valence-corrected chi connectivity index (χ0v) is 25.0. The number of piperidine rings is 1. The summed E-state index contributed by atoms with van der Waals surface area (Å²) in [5, 5.41) is 2.60. The fourth-order valence-electron chi connectivity index (χ4n) is 9.16. The Labute approximate surface area is 250 Å². The molecule has 0 amide bonds. The fraction of sp³-hybridized carbons (Fsp3) is 0.486. The standard InChI is InChI=1S/C37H44N4O/c1-42-28-12-10-21-41-27(15-16-28)24-37-25-40-20-9-5-3-2-4-6-11-26(36(37)41)23-31(32(37)18-22-40)34-35-30(17-19-38-34)29-13-7-8-14-33(29)39-35/h2,4,7-8,13-17,19,23-24,28,31-32,36,39H,3,5-6,9-12,18,20-22,25H2,1H3/b4-2?,16-15-/t28?,31-,32-,36+,37+/m1/s1. The summed E-state index contributed by atoms with van der Waals surface area (Å²) >= 11 is 0. The number of para-hydroxylation sites is 1. The predicted octanol–water partition coefficient (Wildman–Crippen LogP) is 7.50. The second-order valence-electron chi connectivity index (χ2n) is 13.3. The van der Waals surface area contributed by atoms with Crippen LogP contribution in [0, 0.1) is 11.3 Å². The number of ether oxygens (including phenoxy) is 1. The highest BCUT2D eigenvalue weighted by Crippen LogP contribution is 2.59. The third-order valence-electron chi connectivity index (χ3n) is 11.0. The molecule has 0 radical (unpaired) electrons. The summed E-state index contributed by atoms with van der Waals surface area (Å²) in [6.07, 6.45) is 26.8. The first-order valence-corrected chi connectivity index (χ1v) is 16.4. The molecule has 1 N–H and O–H groups in total. The van der Waals surface area contributed by atoms with E-state index < -0.39 is 0 Å². The number of pyridine rings is 1. The van der Waals surface area contributed by atoms with Crippen molar-refractivity contribution >= 4 is 21.8 Å². The van der Waals surface area contributed by atoms with Gasteiger partial charge < -0.3 is 19.5 Å². The largest absolute Gasteiger partial charge is 0.377 e. The summed E-state index contributed by atoms with van der Waals surface area (Å²) < 4.78 is 5.81. The third kappa shape index (κ3) is 4.31. The van der Waals surface area contributed by atoms with Crippen LogP contribution in [0.1, 0.15) is 63.0 Å². The molecule has 5 aliphatic rings. The van der Waals surface area contributed by atoms with E-state index in [4.69, 9.17) is 9.72 Å². The van der Waals surface area contributed by atoms with Gasteiger partial charge in [0.2, 0.25) is 0 Å². The normalized spacial score (nSPS) is 33.9. The lowest BCUT2D eigenvalue weighted by Crippen LogP contribution is -2.59. The Morgan fingerprint density at radius 2 is 1.90 bits per heavy atom. The molecule has 6 atom stereocenters. The molecule has 42 heavy (non-hydrogen) atoms. The average molecular weight is 561 g/mol. The van der Waals surface area contributed by atoms with Gasteiger partial charge in [-0.2, -0.15) is 0 Å². The quantitative estimate of drug-likeness (QED) is 0.330. The molecule has 1 spiro atoms. The van der Waals surface area contributed by atoms with Crippen molar-refractivity contribution in [3.05, 3.63) is 89.9 Å². The molecule has 4 aliphatic heterocycles. The summed E-state index contributed by atoms with van der Waals surface area (Å²) in [5.41, 5.74) is 6.80. The summed E-state index contributed by atoms with van der Waals surface area (Å²) in [4.78, 5) is 14.6. The van der Waals surface area contributed by atoms with Gasteiger partial charge in [0.1, 0.15) is 0 Å². The lowest BCUT2D eigenvalue weighted by atomic mass is 9.56. The fourth-order valence-corrected chi connectivity index (χ4v) is 9.16. The highest BCUT2D eigenvalue weighted by molar-refractivity contribution is 6.07. The van der Waals surface area contributed by atoms with Crippen LogP contribution in [0.15, 0.2) is 84.3 Å². The molecule has 6 heterocycles. The number of allylic oxidation sites excluding steroid dienone is 4. The van der Waals surface area contributed by atoms with Crippen LogP contribution >= 0.6 is 0 Å². The van der Waals surface area contributed by atoms with Crippen LogP contribution in [0.3, 0.4) is 0 Å². The molecule has 1 aliphatic carbocycles. The van der Waals surface area contributed by atoms with Gasteiger partial charge in [0, 0.05) is 59.7 Å². The number of methoxy groups -OCH3 is 1. The highest BCUT2D eigenvalue weighted by Gasteiger charge is 2.58. The van der Waals surface area contributed by atoms with E-state index in [2.05, 4.69) is 87.8 Å². The van der Waals surface area contributed by atoms with Gasteiger partial charge in [-0.05, 0) is 94.2 Å². The van der Waals surface area contributed by atoms with Crippen LogP contribution in [0.4, 0.5) is 0 Å². The van der Waals surface area contributed by atoms with Gasteiger partial charge in [0.15, 0.2) is 0 Å². The van der Waals surface area contributed by atoms with E-state index in [9.17, 15) is 0 Å². The molecule has 5 heteroatoms. The number of benzene rings is 1. The number of rotatable bonds is 2. The van der Waals surface area contributed by atoms with Crippen LogP contribution in [-0.2, 0) is 4.74 Å². The minimum absolute atomic E-state index is 0.0766. The third-order valence-corrected chi connectivity index (χ3v) is 11.0. The minimum Gasteiger partial charge on any atom is -0.377 e. The number of nitrogens with zero attached hydrogens (tertiary/aromatic N) is 3. The molecule has 1 saturated heterocycles. The van der Waals surface area contributed by atoms with Gasteiger partial charge in [-0.1, -0.05) is 48.6 Å². The van der Waals surface area contributed by atoms with Crippen LogP contribution in [0.5, 0.6) is 0 Å². The van der Waals surface area contributed by atoms with Crippen molar-refractivity contribution in [2.45, 2.75) is 69.4 Å². The van der Waals surface area contributed by atoms with Crippen LogP contribution in [0.25, 0.3) is 21.8 Å². The van der Waals surface area contributed by atoms with Gasteiger partial charge in [-0.15, -0.1) is 0 Å². The van der Waals surface area contributed by atoms with Crippen LogP contribution in [-0.4, -0.2) is 65.2 Å². The summed E-state index contributed by atoms with van der Waals surface area (Å²) in [6, 6.07) is 11.4. The smallest absolute Gasteiger partial charge is 0.0756 e. The Balaban J connectivity index is 1.32. The predicted molar refractivity (Wildman–Crippen MR) is 171 cm³/mol. The first-order chi connectivity index (χ1) is 20.7. The maximum atomic E-state index is 5.81. The first kappa shape index (κ1) is 26.5. The van der Waals surface area contributed by atoms with Crippen LogP contribution in [0.2, 0.25) is 0 Å². The molecule has 8 rings (SSSR count). The molecule has 5 nitrogen and oxygen atoms in total. The van der Waals surface area contributed by atoms with E-state index in [0.29, 0.717) is 17.9 Å². The van der Waals surface area contributed by atoms with Gasteiger partial charge in [0.25, 0.3) is 0 Å². The maximum absolute atomic E-state index is 5.81. The second-order valence-corrected chi connectivity index (χ2v) is 13.3. The Morgan fingerprint density at radius 1 is 0.976 bits per heavy atom. The van der Waals surface area contributed by atoms with Gasteiger partial charge in [-0.25, -0.2) is 0 Å². The molecular weight excluding hydrogens is 516 g/mol. The lowest BCUT2D eigenvalue weighted by Gasteiger charge is -2.55. The van der Waals surface area contributed by atoms with Crippen molar-refractivity contribution in [1.29, 1.82) is 0 Å². The molecule has 3 bridgehead atoms. The number of aromatic amines is 1. The summed E-state index contributed by atoms with van der Waals surface area (Å²) in [7, 11) is 1.85. The molecule has 1 aromatic carbocycles. The topological polar surface area (TPSA) is 44.4 Å². The zero-order valence-electron chi connectivity index (χ0n) is 25.0. The van der Waals surface area contributed by atoms with E-state index in [1.165, 1.54) is 72.0 Å². The van der Waals surface area contributed by atoms with Crippen molar-refractivity contribution < 1.29 is 4.74 Å². The van der Waals surface area contributed by atoms with Crippen molar-refractivity contribution in [3.8, 4) is 0 Å². The number of nitrogens with one attached hydrogen (secondary N) is 1. The maximum Gasteiger partial charge on any atom is 0.0756 e. The van der Waals surface area contributed by atoms with Crippen molar-refractivity contribution in [3.63, 3.8) is 0 Å². The van der Waals surface area contributed by atoms with Crippen molar-refractivity contribution in [2.24, 2.45) is 11.3 Å². The van der Waals surface area contributed by atoms with Crippen LogP contribution < -0.4 is 0 Å². The van der Waals surface area contributed by atoms with Crippen molar-refractivity contribution in [1.82, 2.24) is 19.8 Å². The van der Waals surface area contributed by atoms with E-state index in [0.717, 1.165) is 38.8 Å². The van der Waals surface area contributed by atoms with Gasteiger partial charge in [-0.3, -0.25) is 4.98 Å². The number of aromatic nitrogens is 2. The Bertz CT molecular complexity index is 1600. The highest BCUT2D eigenvalue weighted by atomic mass is 16.5. The Morgan fingerprint density at radius 3 is 2.86 bits per heavy atom. The summed E-state index contributed by atoms with van der Waals surface area (Å²) in [6.45, 7) is 4.64.